The molecule has 34 heavy (non-hydrogen) atoms. The Morgan fingerprint density at radius 2 is 2.00 bits per heavy atom. The second kappa shape index (κ2) is 10.7. The Morgan fingerprint density at radius 1 is 1.29 bits per heavy atom. The second-order valence-electron chi connectivity index (χ2n) is 8.68. The van der Waals surface area contributed by atoms with Crippen LogP contribution in [0.5, 0.6) is 0 Å². The van der Waals surface area contributed by atoms with Gasteiger partial charge in [-0.1, -0.05) is 37.8 Å². The molecule has 0 saturated carbocycles. The Bertz CT molecular complexity index is 1190. The summed E-state index contributed by atoms with van der Waals surface area (Å²) in [6, 6.07) is 6.52. The largest absolute Gasteiger partial charge is 0.453 e. The zero-order valence-corrected chi connectivity index (χ0v) is 20.6. The number of hydrogen-bond acceptors (Lipinski definition) is 6. The summed E-state index contributed by atoms with van der Waals surface area (Å²) in [5.74, 6) is 5.77. The molecule has 0 unspecified atom stereocenters. The fraction of sp³-hybridized carbons (Fsp3) is 0.458. The topological polar surface area (TPSA) is 121 Å². The molecule has 10 heteroatoms. The van der Waals surface area contributed by atoms with Crippen LogP contribution in [0.1, 0.15) is 44.1 Å². The number of imidazole rings is 1. The number of nitrogens with one attached hydrogen (secondary N) is 2. The summed E-state index contributed by atoms with van der Waals surface area (Å²) in [7, 11) is -1.85. The lowest BCUT2D eigenvalue weighted by Gasteiger charge is -2.30. The maximum atomic E-state index is 13.2. The molecule has 2 heterocycles. The molecule has 2 amide bonds. The first kappa shape index (κ1) is 25.3. The molecule has 1 saturated heterocycles. The molecule has 0 aliphatic carbocycles. The summed E-state index contributed by atoms with van der Waals surface area (Å²) in [5.41, 5.74) is 2.42. The van der Waals surface area contributed by atoms with Gasteiger partial charge in [-0.3, -0.25) is 4.79 Å². The summed E-state index contributed by atoms with van der Waals surface area (Å²) >= 11 is 0. The highest BCUT2D eigenvalue weighted by Gasteiger charge is 2.37. The van der Waals surface area contributed by atoms with Gasteiger partial charge < -0.3 is 19.9 Å². The van der Waals surface area contributed by atoms with Crippen molar-refractivity contribution in [1.29, 1.82) is 0 Å². The summed E-state index contributed by atoms with van der Waals surface area (Å²) in [5, 5.41) is 2.65. The van der Waals surface area contributed by atoms with E-state index in [9.17, 15) is 18.0 Å². The lowest BCUT2D eigenvalue weighted by molar-refractivity contribution is -0.135. The average molecular weight is 487 g/mol. The number of amides is 2. The van der Waals surface area contributed by atoms with Crippen molar-refractivity contribution in [2.45, 2.75) is 38.8 Å². The Balaban J connectivity index is 1.74. The fourth-order valence-corrected chi connectivity index (χ4v) is 4.18. The first-order chi connectivity index (χ1) is 16.1. The van der Waals surface area contributed by atoms with Crippen molar-refractivity contribution in [3.63, 3.8) is 0 Å². The summed E-state index contributed by atoms with van der Waals surface area (Å²) in [6.07, 6.45) is 3.87. The first-order valence-corrected chi connectivity index (χ1v) is 13.1. The van der Waals surface area contributed by atoms with Crippen LogP contribution in [0, 0.1) is 17.8 Å². The Labute approximate surface area is 200 Å². The van der Waals surface area contributed by atoms with Gasteiger partial charge in [-0.2, -0.15) is 0 Å². The van der Waals surface area contributed by atoms with Gasteiger partial charge in [0.05, 0.1) is 25.0 Å². The van der Waals surface area contributed by atoms with Crippen LogP contribution in [0.4, 0.5) is 4.79 Å². The molecule has 1 aliphatic rings. The highest BCUT2D eigenvalue weighted by Crippen LogP contribution is 2.32. The number of hydrogen-bond donors (Lipinski definition) is 2. The molecule has 2 atom stereocenters. The van der Waals surface area contributed by atoms with Crippen molar-refractivity contribution in [2.75, 3.05) is 25.7 Å². The van der Waals surface area contributed by atoms with E-state index < -0.39 is 22.0 Å². The second-order valence-corrected chi connectivity index (χ2v) is 10.8. The van der Waals surface area contributed by atoms with Crippen LogP contribution >= 0.6 is 0 Å². The number of nitrogens with zero attached hydrogens (tertiary/aromatic N) is 2. The van der Waals surface area contributed by atoms with Crippen molar-refractivity contribution < 1.29 is 22.7 Å². The first-order valence-electron chi connectivity index (χ1n) is 11.1. The molecule has 182 valence electrons. The number of alkyl carbamates (subject to hydrolysis) is 1. The lowest BCUT2D eigenvalue weighted by Crippen LogP contribution is -2.51. The van der Waals surface area contributed by atoms with Crippen molar-refractivity contribution in [1.82, 2.24) is 20.2 Å². The number of benzene rings is 1. The van der Waals surface area contributed by atoms with Crippen LogP contribution in [-0.2, 0) is 19.4 Å². The number of carbonyl (C=O) groups excluding carboxylic acids is 2. The number of sulfone groups is 1. The molecular formula is C24H30N4O5S. The van der Waals surface area contributed by atoms with Crippen LogP contribution in [-0.4, -0.2) is 67.0 Å². The lowest BCUT2D eigenvalue weighted by atomic mass is 10.0. The Morgan fingerprint density at radius 3 is 2.62 bits per heavy atom. The van der Waals surface area contributed by atoms with Gasteiger partial charge in [-0.15, -0.1) is 0 Å². The third-order valence-electron chi connectivity index (χ3n) is 5.60. The van der Waals surface area contributed by atoms with E-state index in [1.807, 2.05) is 38.1 Å². The third kappa shape index (κ3) is 6.38. The van der Waals surface area contributed by atoms with Crippen molar-refractivity contribution in [3.8, 4) is 23.1 Å². The van der Waals surface area contributed by atoms with E-state index in [1.165, 1.54) is 7.11 Å². The van der Waals surface area contributed by atoms with Gasteiger partial charge in [0.25, 0.3) is 0 Å². The van der Waals surface area contributed by atoms with Gasteiger partial charge in [-0.25, -0.2) is 18.2 Å². The number of carbonyl (C=O) groups is 2. The molecule has 0 spiro atoms. The highest BCUT2D eigenvalue weighted by molar-refractivity contribution is 7.90. The Kier molecular flexibility index (Phi) is 7.99. The molecule has 9 nitrogen and oxygen atoms in total. The van der Waals surface area contributed by atoms with E-state index in [0.29, 0.717) is 12.4 Å². The zero-order chi connectivity index (χ0) is 24.9. The minimum Gasteiger partial charge on any atom is -0.453 e. The van der Waals surface area contributed by atoms with Gasteiger partial charge in [-0.05, 0) is 36.5 Å². The normalized spacial score (nSPS) is 16.6. The number of likely N-dealkylation sites (tertiary alicyclic amines) is 1. The van der Waals surface area contributed by atoms with Crippen LogP contribution in [0.2, 0.25) is 0 Å². The van der Waals surface area contributed by atoms with Gasteiger partial charge >= 0.3 is 6.09 Å². The van der Waals surface area contributed by atoms with Crippen LogP contribution in [0.15, 0.2) is 30.5 Å². The predicted octanol–water partition coefficient (Wildman–Crippen LogP) is 2.52. The Hall–Kier alpha value is -3.32. The van der Waals surface area contributed by atoms with E-state index in [1.54, 1.807) is 11.1 Å². The van der Waals surface area contributed by atoms with Crippen molar-refractivity contribution in [2.24, 2.45) is 5.92 Å². The molecule has 0 bridgehead atoms. The number of methoxy groups -OCH3 is 1. The van der Waals surface area contributed by atoms with Gasteiger partial charge in [0.15, 0.2) is 9.84 Å². The number of aromatic amines is 1. The van der Waals surface area contributed by atoms with Crippen molar-refractivity contribution in [3.05, 3.63) is 41.9 Å². The molecule has 1 fully saturated rings. The molecule has 1 aromatic carbocycles. The molecule has 1 aromatic heterocycles. The van der Waals surface area contributed by atoms with Crippen LogP contribution < -0.4 is 5.32 Å². The van der Waals surface area contributed by atoms with E-state index in [0.717, 1.165) is 35.9 Å². The monoisotopic (exact) mass is 486 g/mol. The number of rotatable bonds is 6. The minimum absolute atomic E-state index is 0.0981. The molecule has 3 rings (SSSR count). The van der Waals surface area contributed by atoms with Crippen LogP contribution in [0.3, 0.4) is 0 Å². The summed E-state index contributed by atoms with van der Waals surface area (Å²) < 4.78 is 27.1. The summed E-state index contributed by atoms with van der Waals surface area (Å²) in [4.78, 5) is 34.6. The van der Waals surface area contributed by atoms with Crippen LogP contribution in [0.25, 0.3) is 11.3 Å². The van der Waals surface area contributed by atoms with Gasteiger partial charge in [0, 0.05) is 18.4 Å². The molecule has 2 aromatic rings. The number of H-pyrrole nitrogens is 1. The maximum Gasteiger partial charge on any atom is 0.407 e. The van der Waals surface area contributed by atoms with Crippen molar-refractivity contribution >= 4 is 21.8 Å². The zero-order valence-electron chi connectivity index (χ0n) is 19.8. The summed E-state index contributed by atoms with van der Waals surface area (Å²) in [6.45, 7) is 4.35. The predicted molar refractivity (Wildman–Crippen MR) is 128 cm³/mol. The standard InChI is InChI=1S/C24H30N4O5S/c1-16(2)21(27-24(30)33-3)23(29)28-13-5-8-20(28)22-25-15-19(26-22)18-11-9-17(10-12-18)7-6-14-34(4,31)32/h9-12,15-16,20-21H,5,8,13-14H2,1-4H3,(H,25,26)(H,27,30)/t20-,21-/m0/s1. The van der Waals surface area contributed by atoms with E-state index in [2.05, 4.69) is 31.9 Å². The number of ether oxygens (including phenoxy) is 1. The minimum atomic E-state index is -3.12. The van der Waals surface area contributed by atoms with Gasteiger partial charge in [0.1, 0.15) is 17.6 Å². The van der Waals surface area contributed by atoms with E-state index in [4.69, 9.17) is 0 Å². The third-order valence-corrected chi connectivity index (χ3v) is 6.27. The quantitative estimate of drug-likeness (QED) is 0.605. The average Bonchev–Trinajstić information content (AvgIpc) is 3.46. The van der Waals surface area contributed by atoms with Gasteiger partial charge in [0.2, 0.25) is 5.91 Å². The fourth-order valence-electron chi connectivity index (χ4n) is 3.85. The SMILES string of the molecule is COC(=O)N[C@H](C(=O)N1CCC[C@H]1c1ncc(-c2ccc(C#CCS(C)(=O)=O)cc2)[nH]1)C(C)C. The van der Waals surface area contributed by atoms with E-state index >= 15 is 0 Å². The molecule has 1 aliphatic heterocycles. The maximum absolute atomic E-state index is 13.2. The highest BCUT2D eigenvalue weighted by atomic mass is 32.2. The molecule has 0 radical (unpaired) electrons. The smallest absolute Gasteiger partial charge is 0.407 e. The number of aromatic nitrogens is 2. The molecular weight excluding hydrogens is 456 g/mol. The van der Waals surface area contributed by atoms with E-state index in [-0.39, 0.29) is 23.6 Å². The molecule has 2 N–H and O–H groups in total.